The fourth-order valence-electron chi connectivity index (χ4n) is 3.85. The van der Waals surface area contributed by atoms with E-state index in [-0.39, 0.29) is 30.3 Å². The van der Waals surface area contributed by atoms with Crippen LogP contribution in [0.5, 0.6) is 0 Å². The number of amides is 1. The lowest BCUT2D eigenvalue weighted by atomic mass is 10.2. The van der Waals surface area contributed by atoms with Crippen LogP contribution in [0, 0.1) is 0 Å². The molecule has 12 nitrogen and oxygen atoms in total. The molecule has 0 aliphatic carbocycles. The number of hydrogen-bond donors (Lipinski definition) is 1. The molecule has 1 unspecified atom stereocenters. The highest BCUT2D eigenvalue weighted by atomic mass is 32.2. The van der Waals surface area contributed by atoms with E-state index in [0.717, 1.165) is 0 Å². The fraction of sp³-hybridized carbons (Fsp3) is 0.429. The molecular formula is C21H22N4O8S. The lowest BCUT2D eigenvalue weighted by molar-refractivity contribution is -0.155. The van der Waals surface area contributed by atoms with Gasteiger partial charge in [-0.25, -0.2) is 9.78 Å². The average Bonchev–Trinajstić information content (AvgIpc) is 3.35. The Hall–Kier alpha value is -3.45. The minimum absolute atomic E-state index is 0.0948. The number of rotatable bonds is 6. The number of nitrogens with one attached hydrogen (secondary N) is 1. The van der Waals surface area contributed by atoms with Crippen molar-refractivity contribution in [1.29, 1.82) is 0 Å². The number of pyridine rings is 1. The fourth-order valence-corrected chi connectivity index (χ4v) is 5.01. The van der Waals surface area contributed by atoms with E-state index >= 15 is 0 Å². The molecule has 1 amide bonds. The molecule has 2 aromatic heterocycles. The minimum atomic E-state index is -0.904. The summed E-state index contributed by atoms with van der Waals surface area (Å²) in [7, 11) is 0. The number of anilines is 1. The van der Waals surface area contributed by atoms with Crippen LogP contribution in [0.15, 0.2) is 40.2 Å². The van der Waals surface area contributed by atoms with Crippen molar-refractivity contribution >= 4 is 35.4 Å². The molecule has 0 saturated carbocycles. The summed E-state index contributed by atoms with van der Waals surface area (Å²) in [4.78, 5) is 68.6. The molecular weight excluding hydrogens is 468 g/mol. The van der Waals surface area contributed by atoms with Crippen molar-refractivity contribution in [2.45, 2.75) is 44.1 Å². The van der Waals surface area contributed by atoms with Gasteiger partial charge in [0, 0.05) is 32.7 Å². The second-order valence-corrected chi connectivity index (χ2v) is 8.75. The SMILES string of the molecule is CC(=O)OC[C@H]1O[C@@H](n2cc(C3SCC(=O)N3c3ccccn3)c(=O)[nH]c2=O)C[C@@H]1OC(C)=O. The zero-order valence-corrected chi connectivity index (χ0v) is 19.1. The van der Waals surface area contributed by atoms with E-state index in [1.54, 1.807) is 24.4 Å². The Morgan fingerprint density at radius 2 is 2.03 bits per heavy atom. The number of aromatic amines is 1. The Labute approximate surface area is 197 Å². The predicted molar refractivity (Wildman–Crippen MR) is 119 cm³/mol. The molecule has 180 valence electrons. The smallest absolute Gasteiger partial charge is 0.330 e. The van der Waals surface area contributed by atoms with E-state index in [9.17, 15) is 24.0 Å². The van der Waals surface area contributed by atoms with Gasteiger partial charge < -0.3 is 14.2 Å². The summed E-state index contributed by atoms with van der Waals surface area (Å²) in [5.74, 6) is -0.788. The second kappa shape index (κ2) is 9.81. The van der Waals surface area contributed by atoms with Crippen LogP contribution in [0.25, 0.3) is 0 Å². The van der Waals surface area contributed by atoms with Gasteiger partial charge in [0.25, 0.3) is 5.56 Å². The monoisotopic (exact) mass is 490 g/mol. The van der Waals surface area contributed by atoms with Crippen LogP contribution in [0.2, 0.25) is 0 Å². The molecule has 0 spiro atoms. The van der Waals surface area contributed by atoms with Gasteiger partial charge >= 0.3 is 17.6 Å². The van der Waals surface area contributed by atoms with Crippen molar-refractivity contribution in [1.82, 2.24) is 14.5 Å². The highest BCUT2D eigenvalue weighted by molar-refractivity contribution is 8.00. The summed E-state index contributed by atoms with van der Waals surface area (Å²) in [5, 5.41) is -0.708. The molecule has 2 aliphatic heterocycles. The molecule has 2 aromatic rings. The van der Waals surface area contributed by atoms with Gasteiger partial charge in [-0.1, -0.05) is 6.07 Å². The molecule has 0 bridgehead atoms. The van der Waals surface area contributed by atoms with Crippen molar-refractivity contribution in [2.24, 2.45) is 0 Å². The van der Waals surface area contributed by atoms with E-state index in [4.69, 9.17) is 14.2 Å². The maximum atomic E-state index is 12.7. The maximum absolute atomic E-state index is 12.7. The standard InChI is InChI=1S/C21H22N4O8S/c1-11(26)31-9-15-14(32-12(2)27)7-18(33-15)24-8-13(19(29)23-21(24)30)20-25(17(28)10-34-20)16-5-3-4-6-22-16/h3-6,8,14-15,18,20H,7,9-10H2,1-2H3,(H,23,29,30)/t14-,15+,18+,20?/m0/s1. The highest BCUT2D eigenvalue weighted by Gasteiger charge is 2.41. The van der Waals surface area contributed by atoms with E-state index in [2.05, 4.69) is 9.97 Å². The van der Waals surface area contributed by atoms with Crippen LogP contribution < -0.4 is 16.1 Å². The number of H-pyrrole nitrogens is 1. The first kappa shape index (κ1) is 23.7. The van der Waals surface area contributed by atoms with Gasteiger partial charge in [-0.15, -0.1) is 11.8 Å². The van der Waals surface area contributed by atoms with Crippen molar-refractivity contribution in [3.05, 3.63) is 57.0 Å². The number of carbonyl (C=O) groups is 3. The maximum Gasteiger partial charge on any atom is 0.330 e. The van der Waals surface area contributed by atoms with Crippen molar-refractivity contribution in [3.63, 3.8) is 0 Å². The number of ether oxygens (including phenoxy) is 3. The first-order valence-electron chi connectivity index (χ1n) is 10.4. The van der Waals surface area contributed by atoms with Crippen molar-refractivity contribution in [2.75, 3.05) is 17.3 Å². The average molecular weight is 490 g/mol. The molecule has 4 heterocycles. The quantitative estimate of drug-likeness (QED) is 0.567. The number of thioether (sulfide) groups is 1. The molecule has 34 heavy (non-hydrogen) atoms. The third kappa shape index (κ3) is 4.89. The molecule has 4 rings (SSSR count). The molecule has 2 saturated heterocycles. The van der Waals surface area contributed by atoms with Gasteiger partial charge in [0.15, 0.2) is 0 Å². The summed E-state index contributed by atoms with van der Waals surface area (Å²) in [6.45, 7) is 2.30. The Bertz CT molecular complexity index is 1210. The highest BCUT2D eigenvalue weighted by Crippen LogP contribution is 2.40. The van der Waals surface area contributed by atoms with E-state index in [0.29, 0.717) is 5.82 Å². The topological polar surface area (TPSA) is 150 Å². The zero-order chi connectivity index (χ0) is 24.4. The van der Waals surface area contributed by atoms with Crippen LogP contribution >= 0.6 is 11.8 Å². The number of hydrogen-bond acceptors (Lipinski definition) is 10. The summed E-state index contributed by atoms with van der Waals surface area (Å²) in [5.41, 5.74) is -1.20. The summed E-state index contributed by atoms with van der Waals surface area (Å²) in [6.07, 6.45) is 0.510. The normalized spacial score (nSPS) is 24.3. The van der Waals surface area contributed by atoms with Crippen molar-refractivity contribution in [3.8, 4) is 0 Å². The number of aromatic nitrogens is 3. The minimum Gasteiger partial charge on any atom is -0.463 e. The van der Waals surface area contributed by atoms with Crippen LogP contribution in [0.1, 0.15) is 37.4 Å². The van der Waals surface area contributed by atoms with Gasteiger partial charge in [-0.05, 0) is 12.1 Å². The lowest BCUT2D eigenvalue weighted by Crippen LogP contribution is -2.38. The molecule has 1 N–H and O–H groups in total. The summed E-state index contributed by atoms with van der Waals surface area (Å²) >= 11 is 1.23. The van der Waals surface area contributed by atoms with Gasteiger partial charge in [0.2, 0.25) is 5.91 Å². The largest absolute Gasteiger partial charge is 0.463 e. The lowest BCUT2D eigenvalue weighted by Gasteiger charge is -2.23. The Morgan fingerprint density at radius 3 is 2.71 bits per heavy atom. The molecule has 0 aromatic carbocycles. The van der Waals surface area contributed by atoms with Gasteiger partial charge in [0.05, 0.1) is 11.3 Å². The third-order valence-corrected chi connectivity index (χ3v) is 6.48. The van der Waals surface area contributed by atoms with Crippen LogP contribution in [-0.2, 0) is 28.6 Å². The van der Waals surface area contributed by atoms with E-state index in [1.165, 1.54) is 41.3 Å². The number of carbonyl (C=O) groups excluding carboxylic acids is 3. The van der Waals surface area contributed by atoms with Crippen LogP contribution in [0.4, 0.5) is 5.82 Å². The first-order chi connectivity index (χ1) is 16.2. The van der Waals surface area contributed by atoms with Gasteiger partial charge in [-0.2, -0.15) is 0 Å². The molecule has 13 heteroatoms. The molecule has 4 atom stereocenters. The zero-order valence-electron chi connectivity index (χ0n) is 18.3. The first-order valence-corrected chi connectivity index (χ1v) is 11.5. The van der Waals surface area contributed by atoms with E-state index in [1.807, 2.05) is 0 Å². The second-order valence-electron chi connectivity index (χ2n) is 7.68. The van der Waals surface area contributed by atoms with Crippen LogP contribution in [0.3, 0.4) is 0 Å². The Kier molecular flexibility index (Phi) is 6.84. The molecule has 2 aliphatic rings. The van der Waals surface area contributed by atoms with Crippen molar-refractivity contribution < 1.29 is 28.6 Å². The number of esters is 2. The number of nitrogens with zero attached hydrogens (tertiary/aromatic N) is 3. The Balaban J connectivity index is 1.66. The van der Waals surface area contributed by atoms with Crippen LogP contribution in [-0.4, -0.2) is 56.9 Å². The molecule has 0 radical (unpaired) electrons. The summed E-state index contributed by atoms with van der Waals surface area (Å²) in [6, 6.07) is 5.10. The van der Waals surface area contributed by atoms with Gasteiger partial charge in [0.1, 0.15) is 36.2 Å². The van der Waals surface area contributed by atoms with E-state index < -0.39 is 47.0 Å². The van der Waals surface area contributed by atoms with Gasteiger partial charge in [-0.3, -0.25) is 33.6 Å². The third-order valence-electron chi connectivity index (χ3n) is 5.28. The molecule has 2 fully saturated rings. The Morgan fingerprint density at radius 1 is 1.24 bits per heavy atom. The predicted octanol–water partition coefficient (Wildman–Crippen LogP) is 0.492. The summed E-state index contributed by atoms with van der Waals surface area (Å²) < 4.78 is 17.3.